The fourth-order valence-corrected chi connectivity index (χ4v) is 5.42. The summed E-state index contributed by atoms with van der Waals surface area (Å²) in [5, 5.41) is 12.0. The van der Waals surface area contributed by atoms with E-state index in [0.717, 1.165) is 28.9 Å². The molecule has 154 valence electrons. The molecule has 0 radical (unpaired) electrons. The second-order valence-corrected chi connectivity index (χ2v) is 9.10. The molecule has 0 amide bonds. The molecular formula is C24H24N2O3S. The van der Waals surface area contributed by atoms with Gasteiger partial charge in [-0.15, -0.1) is 11.3 Å². The number of aromatic nitrogens is 1. The van der Waals surface area contributed by atoms with Crippen LogP contribution in [0.4, 0.5) is 0 Å². The third kappa shape index (κ3) is 3.20. The second-order valence-electron chi connectivity index (χ2n) is 8.07. The van der Waals surface area contributed by atoms with Crippen LogP contribution in [0.1, 0.15) is 36.1 Å². The van der Waals surface area contributed by atoms with E-state index >= 15 is 0 Å². The number of likely N-dealkylation sites (tertiary alicyclic amines) is 1. The Morgan fingerprint density at radius 2 is 1.93 bits per heavy atom. The maximum Gasteiger partial charge on any atom is 0.203 e. The van der Waals surface area contributed by atoms with Crippen LogP contribution in [0.25, 0.3) is 31.8 Å². The first-order valence-electron chi connectivity index (χ1n) is 10.4. The number of phenolic OH excluding ortho intramolecular Hbond substituents is 1. The highest BCUT2D eigenvalue weighted by molar-refractivity contribution is 7.21. The van der Waals surface area contributed by atoms with E-state index in [1.807, 2.05) is 37.3 Å². The molecule has 1 saturated heterocycles. The molecule has 1 fully saturated rings. The molecule has 0 atom stereocenters. The van der Waals surface area contributed by atoms with Crippen LogP contribution >= 0.6 is 11.3 Å². The van der Waals surface area contributed by atoms with E-state index in [0.29, 0.717) is 39.4 Å². The van der Waals surface area contributed by atoms with Crippen molar-refractivity contribution in [2.45, 2.75) is 39.7 Å². The van der Waals surface area contributed by atoms with Gasteiger partial charge in [0, 0.05) is 17.7 Å². The van der Waals surface area contributed by atoms with Crippen LogP contribution < -0.4 is 5.43 Å². The molecule has 1 aliphatic heterocycles. The molecule has 3 heterocycles. The van der Waals surface area contributed by atoms with Gasteiger partial charge in [0.1, 0.15) is 22.1 Å². The zero-order valence-electron chi connectivity index (χ0n) is 17.2. The first-order valence-corrected chi connectivity index (χ1v) is 11.2. The molecule has 30 heavy (non-hydrogen) atoms. The molecule has 0 aliphatic carbocycles. The Bertz CT molecular complexity index is 1280. The minimum absolute atomic E-state index is 0.0872. The molecule has 0 saturated carbocycles. The van der Waals surface area contributed by atoms with Gasteiger partial charge in [0.15, 0.2) is 0 Å². The standard InChI is InChI=1S/C24H24N2O3S/c1-14-21(27)16(13-26-10-6-3-7-11-26)12-17-22(28)20(15(2)29-23(14)17)24-25-18-8-4-5-9-19(18)30-24/h4-5,8-9,12,27H,3,6-7,10-11,13H2,1-2H3. The van der Waals surface area contributed by atoms with Crippen molar-refractivity contribution in [3.8, 4) is 16.3 Å². The SMILES string of the molecule is Cc1oc2c(C)c(O)c(CN3CCCCC3)cc2c(=O)c1-c1nc2ccccc2s1. The number of aromatic hydroxyl groups is 1. The summed E-state index contributed by atoms with van der Waals surface area (Å²) in [5.41, 5.74) is 3.17. The summed E-state index contributed by atoms with van der Waals surface area (Å²) in [6.07, 6.45) is 3.61. The van der Waals surface area contributed by atoms with Gasteiger partial charge < -0.3 is 9.52 Å². The molecular weight excluding hydrogens is 396 g/mol. The summed E-state index contributed by atoms with van der Waals surface area (Å²) >= 11 is 1.50. The topological polar surface area (TPSA) is 66.6 Å². The van der Waals surface area contributed by atoms with Gasteiger partial charge in [0.25, 0.3) is 0 Å². The van der Waals surface area contributed by atoms with E-state index in [-0.39, 0.29) is 11.2 Å². The number of rotatable bonds is 3. The Balaban J connectivity index is 1.68. The monoisotopic (exact) mass is 420 g/mol. The van der Waals surface area contributed by atoms with E-state index in [1.165, 1.54) is 30.6 Å². The Hall–Kier alpha value is -2.70. The average Bonchev–Trinajstić information content (AvgIpc) is 3.17. The number of hydrogen-bond acceptors (Lipinski definition) is 6. The smallest absolute Gasteiger partial charge is 0.203 e. The Labute approximate surface area is 178 Å². The number of piperidine rings is 1. The largest absolute Gasteiger partial charge is 0.507 e. The summed E-state index contributed by atoms with van der Waals surface area (Å²) < 4.78 is 7.11. The lowest BCUT2D eigenvalue weighted by atomic mass is 10.0. The van der Waals surface area contributed by atoms with Gasteiger partial charge in [0.2, 0.25) is 5.43 Å². The number of benzene rings is 2. The van der Waals surface area contributed by atoms with Crippen LogP contribution in [-0.4, -0.2) is 28.1 Å². The lowest BCUT2D eigenvalue weighted by Gasteiger charge is -2.27. The predicted octanol–water partition coefficient (Wildman–Crippen LogP) is 5.38. The number of para-hydroxylation sites is 1. The molecule has 6 heteroatoms. The van der Waals surface area contributed by atoms with E-state index < -0.39 is 0 Å². The molecule has 5 rings (SSSR count). The number of thiazole rings is 1. The first kappa shape index (κ1) is 19.3. The van der Waals surface area contributed by atoms with E-state index in [4.69, 9.17) is 4.42 Å². The Morgan fingerprint density at radius 1 is 1.17 bits per heavy atom. The highest BCUT2D eigenvalue weighted by atomic mass is 32.1. The quantitative estimate of drug-likeness (QED) is 0.482. The van der Waals surface area contributed by atoms with E-state index in [9.17, 15) is 9.90 Å². The number of aryl methyl sites for hydroxylation is 2. The fraction of sp³-hybridized carbons (Fsp3) is 0.333. The fourth-order valence-electron chi connectivity index (χ4n) is 4.36. The average molecular weight is 421 g/mol. The Kier molecular flexibility index (Phi) is 4.83. The molecule has 2 aromatic heterocycles. The van der Waals surface area contributed by atoms with Crippen molar-refractivity contribution in [3.05, 3.63) is 57.4 Å². The van der Waals surface area contributed by atoms with Crippen LogP contribution in [0.2, 0.25) is 0 Å². The maximum atomic E-state index is 13.5. The number of hydrogen-bond donors (Lipinski definition) is 1. The lowest BCUT2D eigenvalue weighted by molar-refractivity contribution is 0.218. The summed E-state index contributed by atoms with van der Waals surface area (Å²) in [5.74, 6) is 0.751. The maximum absolute atomic E-state index is 13.5. The zero-order valence-corrected chi connectivity index (χ0v) is 18.0. The van der Waals surface area contributed by atoms with Crippen molar-refractivity contribution in [3.63, 3.8) is 0 Å². The Morgan fingerprint density at radius 3 is 2.70 bits per heavy atom. The summed E-state index contributed by atoms with van der Waals surface area (Å²) in [6.45, 7) is 6.30. The van der Waals surface area contributed by atoms with Crippen LogP contribution in [0, 0.1) is 13.8 Å². The molecule has 4 aromatic rings. The number of fused-ring (bicyclic) bond motifs is 2. The first-order chi connectivity index (χ1) is 14.5. The number of nitrogens with zero attached hydrogens (tertiary/aromatic N) is 2. The van der Waals surface area contributed by atoms with Gasteiger partial charge in [0.05, 0.1) is 21.2 Å². The highest BCUT2D eigenvalue weighted by Gasteiger charge is 2.22. The third-order valence-electron chi connectivity index (χ3n) is 5.99. The molecule has 1 N–H and O–H groups in total. The van der Waals surface area contributed by atoms with Crippen molar-refractivity contribution in [1.29, 1.82) is 0 Å². The van der Waals surface area contributed by atoms with Gasteiger partial charge in [-0.3, -0.25) is 9.69 Å². The number of phenols is 1. The van der Waals surface area contributed by atoms with Crippen molar-refractivity contribution >= 4 is 32.5 Å². The van der Waals surface area contributed by atoms with Crippen LogP contribution in [0.15, 0.2) is 39.5 Å². The van der Waals surface area contributed by atoms with Crippen LogP contribution in [0.3, 0.4) is 0 Å². The normalized spacial score (nSPS) is 15.3. The molecule has 1 aliphatic rings. The summed E-state index contributed by atoms with van der Waals surface area (Å²) in [7, 11) is 0. The summed E-state index contributed by atoms with van der Waals surface area (Å²) in [4.78, 5) is 20.6. The third-order valence-corrected chi connectivity index (χ3v) is 7.05. The van der Waals surface area contributed by atoms with Crippen molar-refractivity contribution < 1.29 is 9.52 Å². The zero-order chi connectivity index (χ0) is 20.8. The van der Waals surface area contributed by atoms with E-state index in [1.54, 1.807) is 6.92 Å². The molecule has 0 spiro atoms. The van der Waals surface area contributed by atoms with Crippen molar-refractivity contribution in [1.82, 2.24) is 9.88 Å². The van der Waals surface area contributed by atoms with Crippen molar-refractivity contribution in [2.24, 2.45) is 0 Å². The molecule has 0 bridgehead atoms. The lowest BCUT2D eigenvalue weighted by Crippen LogP contribution is -2.29. The van der Waals surface area contributed by atoms with E-state index in [2.05, 4.69) is 9.88 Å². The molecule has 2 aromatic carbocycles. The van der Waals surface area contributed by atoms with Crippen LogP contribution in [-0.2, 0) is 6.54 Å². The second kappa shape index (κ2) is 7.52. The van der Waals surface area contributed by atoms with Gasteiger partial charge in [-0.05, 0) is 58.0 Å². The minimum atomic E-state index is -0.0872. The predicted molar refractivity (Wildman–Crippen MR) is 121 cm³/mol. The molecule has 0 unspecified atom stereocenters. The summed E-state index contributed by atoms with van der Waals surface area (Å²) in [6, 6.07) is 9.69. The minimum Gasteiger partial charge on any atom is -0.507 e. The van der Waals surface area contributed by atoms with Crippen LogP contribution in [0.5, 0.6) is 5.75 Å². The van der Waals surface area contributed by atoms with Gasteiger partial charge >= 0.3 is 0 Å². The molecule has 5 nitrogen and oxygen atoms in total. The van der Waals surface area contributed by atoms with Gasteiger partial charge in [-0.2, -0.15) is 0 Å². The van der Waals surface area contributed by atoms with Gasteiger partial charge in [-0.1, -0.05) is 18.6 Å². The van der Waals surface area contributed by atoms with Crippen molar-refractivity contribution in [2.75, 3.05) is 13.1 Å². The van der Waals surface area contributed by atoms with Gasteiger partial charge in [-0.25, -0.2) is 4.98 Å². The highest BCUT2D eigenvalue weighted by Crippen LogP contribution is 2.35.